The SMILES string of the molecule is CCNC(COCCOC(C)C)c1cccc(F)c1F. The summed E-state index contributed by atoms with van der Waals surface area (Å²) in [6.07, 6.45) is 0.156. The van der Waals surface area contributed by atoms with Crippen LogP contribution in [0.1, 0.15) is 32.4 Å². The zero-order valence-electron chi connectivity index (χ0n) is 12.3. The fraction of sp³-hybridized carbons (Fsp3) is 0.600. The highest BCUT2D eigenvalue weighted by Gasteiger charge is 2.17. The van der Waals surface area contributed by atoms with Crippen molar-refractivity contribution in [2.45, 2.75) is 32.9 Å². The van der Waals surface area contributed by atoms with Crippen molar-refractivity contribution in [2.75, 3.05) is 26.4 Å². The Labute approximate surface area is 119 Å². The number of halogens is 2. The first-order chi connectivity index (χ1) is 9.56. The topological polar surface area (TPSA) is 30.5 Å². The van der Waals surface area contributed by atoms with E-state index in [2.05, 4.69) is 5.32 Å². The first-order valence-corrected chi connectivity index (χ1v) is 6.92. The van der Waals surface area contributed by atoms with Crippen molar-refractivity contribution in [3.05, 3.63) is 35.4 Å². The Balaban J connectivity index is 2.54. The van der Waals surface area contributed by atoms with Crippen molar-refractivity contribution in [3.8, 4) is 0 Å². The lowest BCUT2D eigenvalue weighted by molar-refractivity contribution is 0.0135. The Hall–Kier alpha value is -1.04. The summed E-state index contributed by atoms with van der Waals surface area (Å²) in [7, 11) is 0. The van der Waals surface area contributed by atoms with E-state index in [4.69, 9.17) is 9.47 Å². The fourth-order valence-corrected chi connectivity index (χ4v) is 1.84. The molecule has 20 heavy (non-hydrogen) atoms. The summed E-state index contributed by atoms with van der Waals surface area (Å²) in [4.78, 5) is 0. The molecule has 0 fully saturated rings. The van der Waals surface area contributed by atoms with Crippen LogP contribution in [-0.4, -0.2) is 32.5 Å². The predicted molar refractivity (Wildman–Crippen MR) is 74.7 cm³/mol. The molecule has 0 saturated carbocycles. The molecule has 1 N–H and O–H groups in total. The maximum absolute atomic E-state index is 13.8. The van der Waals surface area contributed by atoms with Crippen LogP contribution in [0.25, 0.3) is 0 Å². The van der Waals surface area contributed by atoms with Crippen LogP contribution in [0.2, 0.25) is 0 Å². The lowest BCUT2D eigenvalue weighted by Crippen LogP contribution is -2.27. The van der Waals surface area contributed by atoms with Gasteiger partial charge >= 0.3 is 0 Å². The molecule has 0 radical (unpaired) electrons. The number of ether oxygens (including phenoxy) is 2. The molecule has 3 nitrogen and oxygen atoms in total. The van der Waals surface area contributed by atoms with Crippen LogP contribution >= 0.6 is 0 Å². The van der Waals surface area contributed by atoms with Gasteiger partial charge in [0.2, 0.25) is 0 Å². The van der Waals surface area contributed by atoms with E-state index in [0.29, 0.717) is 19.8 Å². The van der Waals surface area contributed by atoms with Gasteiger partial charge in [0.25, 0.3) is 0 Å². The quantitative estimate of drug-likeness (QED) is 0.708. The third-order valence-corrected chi connectivity index (χ3v) is 2.77. The Kier molecular flexibility index (Phi) is 7.65. The molecule has 0 saturated heterocycles. The van der Waals surface area contributed by atoms with Crippen LogP contribution in [0.3, 0.4) is 0 Å². The van der Waals surface area contributed by atoms with Gasteiger partial charge in [-0.15, -0.1) is 0 Å². The predicted octanol–water partition coefficient (Wildman–Crippen LogP) is 3.06. The Morgan fingerprint density at radius 3 is 2.60 bits per heavy atom. The van der Waals surface area contributed by atoms with Crippen LogP contribution in [0.15, 0.2) is 18.2 Å². The molecule has 0 aliphatic rings. The fourth-order valence-electron chi connectivity index (χ4n) is 1.84. The second-order valence-corrected chi connectivity index (χ2v) is 4.75. The smallest absolute Gasteiger partial charge is 0.163 e. The second kappa shape index (κ2) is 9.00. The minimum absolute atomic E-state index is 0.156. The van der Waals surface area contributed by atoms with Crippen molar-refractivity contribution in [1.29, 1.82) is 0 Å². The van der Waals surface area contributed by atoms with Crippen molar-refractivity contribution < 1.29 is 18.3 Å². The third kappa shape index (κ3) is 5.53. The third-order valence-electron chi connectivity index (χ3n) is 2.77. The van der Waals surface area contributed by atoms with Gasteiger partial charge < -0.3 is 14.8 Å². The molecule has 0 aromatic heterocycles. The molecule has 1 rings (SSSR count). The molecule has 0 aliphatic heterocycles. The van der Waals surface area contributed by atoms with Crippen molar-refractivity contribution in [1.82, 2.24) is 5.32 Å². The Morgan fingerprint density at radius 1 is 1.20 bits per heavy atom. The van der Waals surface area contributed by atoms with Crippen molar-refractivity contribution in [3.63, 3.8) is 0 Å². The Bertz CT molecular complexity index is 399. The zero-order chi connectivity index (χ0) is 15.0. The van der Waals surface area contributed by atoms with Gasteiger partial charge in [-0.2, -0.15) is 0 Å². The van der Waals surface area contributed by atoms with Gasteiger partial charge in [-0.1, -0.05) is 19.1 Å². The van der Waals surface area contributed by atoms with Crippen LogP contribution in [0.5, 0.6) is 0 Å². The number of hydrogen-bond acceptors (Lipinski definition) is 3. The maximum Gasteiger partial charge on any atom is 0.163 e. The lowest BCUT2D eigenvalue weighted by atomic mass is 10.1. The standard InChI is InChI=1S/C15H23F2NO2/c1-4-18-14(10-19-8-9-20-11(2)3)12-6-5-7-13(16)15(12)17/h5-7,11,14,18H,4,8-10H2,1-3H3. The molecule has 1 atom stereocenters. The average Bonchev–Trinajstić information content (AvgIpc) is 2.40. The van der Waals surface area contributed by atoms with Crippen LogP contribution in [0.4, 0.5) is 8.78 Å². The molecular formula is C15H23F2NO2. The zero-order valence-corrected chi connectivity index (χ0v) is 12.3. The summed E-state index contributed by atoms with van der Waals surface area (Å²) in [5.41, 5.74) is 0.289. The summed E-state index contributed by atoms with van der Waals surface area (Å²) >= 11 is 0. The van der Waals surface area contributed by atoms with Gasteiger partial charge in [-0.05, 0) is 26.5 Å². The molecular weight excluding hydrogens is 264 g/mol. The summed E-state index contributed by atoms with van der Waals surface area (Å²) in [5, 5.41) is 3.09. The van der Waals surface area contributed by atoms with E-state index in [9.17, 15) is 8.78 Å². The van der Waals surface area contributed by atoms with E-state index in [1.807, 2.05) is 20.8 Å². The van der Waals surface area contributed by atoms with Crippen molar-refractivity contribution >= 4 is 0 Å². The largest absolute Gasteiger partial charge is 0.377 e. The number of rotatable bonds is 9. The molecule has 0 aliphatic carbocycles. The van der Waals surface area contributed by atoms with Gasteiger partial charge in [0.15, 0.2) is 11.6 Å². The molecule has 1 unspecified atom stereocenters. The summed E-state index contributed by atoms with van der Waals surface area (Å²) < 4.78 is 37.8. The van der Waals surface area contributed by atoms with E-state index in [1.165, 1.54) is 6.07 Å². The second-order valence-electron chi connectivity index (χ2n) is 4.75. The lowest BCUT2D eigenvalue weighted by Gasteiger charge is -2.19. The molecule has 5 heteroatoms. The van der Waals surface area contributed by atoms with Crippen LogP contribution in [0, 0.1) is 11.6 Å². The van der Waals surface area contributed by atoms with Crippen molar-refractivity contribution in [2.24, 2.45) is 0 Å². The molecule has 0 bridgehead atoms. The van der Waals surface area contributed by atoms with E-state index in [0.717, 1.165) is 6.07 Å². The highest BCUT2D eigenvalue weighted by Crippen LogP contribution is 2.19. The number of likely N-dealkylation sites (N-methyl/N-ethyl adjacent to an activating group) is 1. The van der Waals surface area contributed by atoms with Gasteiger partial charge in [0.1, 0.15) is 0 Å². The van der Waals surface area contributed by atoms with E-state index in [-0.39, 0.29) is 24.3 Å². The molecule has 1 aromatic rings. The molecule has 114 valence electrons. The van der Waals surface area contributed by atoms with Gasteiger partial charge in [0.05, 0.1) is 32.0 Å². The summed E-state index contributed by atoms with van der Waals surface area (Å²) in [5.74, 6) is -1.66. The van der Waals surface area contributed by atoms with Gasteiger partial charge in [0, 0.05) is 5.56 Å². The normalized spacial score (nSPS) is 12.9. The first kappa shape index (κ1) is 17.0. The van der Waals surface area contributed by atoms with Crippen LogP contribution in [-0.2, 0) is 9.47 Å². The summed E-state index contributed by atoms with van der Waals surface area (Å²) in [6, 6.07) is 3.81. The van der Waals surface area contributed by atoms with E-state index < -0.39 is 11.6 Å². The maximum atomic E-state index is 13.8. The number of hydrogen-bond donors (Lipinski definition) is 1. The molecule has 1 aromatic carbocycles. The summed E-state index contributed by atoms with van der Waals surface area (Å²) in [6.45, 7) is 7.64. The highest BCUT2D eigenvalue weighted by atomic mass is 19.2. The van der Waals surface area contributed by atoms with Gasteiger partial charge in [-0.25, -0.2) is 8.78 Å². The molecule has 0 heterocycles. The van der Waals surface area contributed by atoms with E-state index in [1.54, 1.807) is 6.07 Å². The first-order valence-electron chi connectivity index (χ1n) is 6.92. The molecule has 0 amide bonds. The monoisotopic (exact) mass is 287 g/mol. The number of nitrogens with one attached hydrogen (secondary N) is 1. The minimum atomic E-state index is -0.839. The number of benzene rings is 1. The highest BCUT2D eigenvalue weighted by molar-refractivity contribution is 5.22. The van der Waals surface area contributed by atoms with Gasteiger partial charge in [-0.3, -0.25) is 0 Å². The van der Waals surface area contributed by atoms with Crippen LogP contribution < -0.4 is 5.32 Å². The average molecular weight is 287 g/mol. The minimum Gasteiger partial charge on any atom is -0.377 e. The molecule has 0 spiro atoms. The van der Waals surface area contributed by atoms with E-state index >= 15 is 0 Å². The Morgan fingerprint density at radius 2 is 1.95 bits per heavy atom.